The fourth-order valence-electron chi connectivity index (χ4n) is 3.64. The molecule has 2 aromatic rings. The van der Waals surface area contributed by atoms with Gasteiger partial charge in [-0.1, -0.05) is 13.8 Å². The summed E-state index contributed by atoms with van der Waals surface area (Å²) in [6, 6.07) is 10.9. The molecule has 0 spiro atoms. The number of rotatable bonds is 9. The molecule has 0 aliphatic carbocycles. The number of ether oxygens (including phenoxy) is 2. The monoisotopic (exact) mass is 442 g/mol. The molecule has 0 radical (unpaired) electrons. The maximum atomic E-state index is 13.2. The Labute approximate surface area is 188 Å². The number of amides is 2. The predicted molar refractivity (Wildman–Crippen MR) is 122 cm³/mol. The van der Waals surface area contributed by atoms with Crippen molar-refractivity contribution in [1.82, 2.24) is 4.90 Å². The molecule has 0 aromatic heterocycles. The summed E-state index contributed by atoms with van der Waals surface area (Å²) < 4.78 is 24.7. The maximum Gasteiger partial charge on any atom is 0.253 e. The molecule has 2 aromatic carbocycles. The number of hydrogen-bond acceptors (Lipinski definition) is 4. The zero-order chi connectivity index (χ0) is 22.9. The molecule has 1 aliphatic rings. The molecule has 3 rings (SSSR count). The largest absolute Gasteiger partial charge is 0.490 e. The zero-order valence-corrected chi connectivity index (χ0v) is 18.7. The van der Waals surface area contributed by atoms with Gasteiger partial charge in [0.25, 0.3) is 5.91 Å². The van der Waals surface area contributed by atoms with E-state index in [0.29, 0.717) is 55.5 Å². The first kappa shape index (κ1) is 23.6. The number of carbonyl (C=O) groups excluding carboxylic acids is 2. The number of piperidine rings is 1. The van der Waals surface area contributed by atoms with E-state index in [-0.39, 0.29) is 23.5 Å². The van der Waals surface area contributed by atoms with Crippen LogP contribution >= 0.6 is 0 Å². The Morgan fingerprint density at radius 1 is 1.03 bits per heavy atom. The van der Waals surface area contributed by atoms with E-state index in [1.54, 1.807) is 17.0 Å². The highest BCUT2D eigenvalue weighted by molar-refractivity contribution is 5.96. The lowest BCUT2D eigenvalue weighted by Crippen LogP contribution is -2.43. The van der Waals surface area contributed by atoms with Crippen molar-refractivity contribution in [2.75, 3.05) is 31.6 Å². The molecule has 172 valence electrons. The van der Waals surface area contributed by atoms with E-state index in [2.05, 4.69) is 5.32 Å². The number of halogens is 1. The minimum absolute atomic E-state index is 0.134. The number of hydrogen-bond donors (Lipinski definition) is 1. The molecule has 0 saturated carbocycles. The molecule has 1 unspecified atom stereocenters. The van der Waals surface area contributed by atoms with Crippen molar-refractivity contribution >= 4 is 17.5 Å². The van der Waals surface area contributed by atoms with Gasteiger partial charge in [-0.3, -0.25) is 9.59 Å². The van der Waals surface area contributed by atoms with Crippen molar-refractivity contribution in [3.8, 4) is 11.5 Å². The van der Waals surface area contributed by atoms with Gasteiger partial charge in [-0.05, 0) is 62.1 Å². The Hall–Kier alpha value is -3.09. The van der Waals surface area contributed by atoms with Crippen LogP contribution in [0.15, 0.2) is 42.5 Å². The SMILES string of the molecule is CCCOc1ccc(NC(=O)C2CCCN(C(=O)c3ccc(F)cc3)C2)cc1OCCC. The Balaban J connectivity index is 1.65. The molecular weight excluding hydrogens is 411 g/mol. The second-order valence-electron chi connectivity index (χ2n) is 7.94. The van der Waals surface area contributed by atoms with Gasteiger partial charge in [0.1, 0.15) is 5.82 Å². The first-order valence-corrected chi connectivity index (χ1v) is 11.3. The summed E-state index contributed by atoms with van der Waals surface area (Å²) in [6.45, 7) is 6.13. The normalized spacial score (nSPS) is 15.8. The molecule has 1 aliphatic heterocycles. The minimum atomic E-state index is -0.383. The van der Waals surface area contributed by atoms with Crippen LogP contribution in [0, 0.1) is 11.7 Å². The smallest absolute Gasteiger partial charge is 0.253 e. The Morgan fingerprint density at radius 2 is 1.72 bits per heavy atom. The molecule has 1 fully saturated rings. The quantitative estimate of drug-likeness (QED) is 0.600. The third kappa shape index (κ3) is 6.22. The van der Waals surface area contributed by atoms with Crippen LogP contribution in [0.5, 0.6) is 11.5 Å². The fraction of sp³-hybridized carbons (Fsp3) is 0.440. The topological polar surface area (TPSA) is 67.9 Å². The molecule has 7 heteroatoms. The van der Waals surface area contributed by atoms with Crippen molar-refractivity contribution < 1.29 is 23.5 Å². The number of nitrogens with zero attached hydrogens (tertiary/aromatic N) is 1. The Kier molecular flexibility index (Phi) is 8.48. The second kappa shape index (κ2) is 11.5. The number of likely N-dealkylation sites (tertiary alicyclic amines) is 1. The van der Waals surface area contributed by atoms with Gasteiger partial charge in [0, 0.05) is 30.4 Å². The lowest BCUT2D eigenvalue weighted by molar-refractivity contribution is -0.121. The van der Waals surface area contributed by atoms with Crippen LogP contribution in [0.4, 0.5) is 10.1 Å². The highest BCUT2D eigenvalue weighted by atomic mass is 19.1. The lowest BCUT2D eigenvalue weighted by Gasteiger charge is -2.32. The molecule has 32 heavy (non-hydrogen) atoms. The first-order valence-electron chi connectivity index (χ1n) is 11.3. The van der Waals surface area contributed by atoms with Crippen LogP contribution in [0.25, 0.3) is 0 Å². The summed E-state index contributed by atoms with van der Waals surface area (Å²) in [5.74, 6) is 0.248. The molecule has 2 amide bonds. The average Bonchev–Trinajstić information content (AvgIpc) is 2.82. The van der Waals surface area contributed by atoms with Crippen LogP contribution in [0.3, 0.4) is 0 Å². The van der Waals surface area contributed by atoms with Crippen molar-refractivity contribution in [3.05, 3.63) is 53.8 Å². The third-order valence-corrected chi connectivity index (χ3v) is 5.31. The highest BCUT2D eigenvalue weighted by Gasteiger charge is 2.29. The molecule has 6 nitrogen and oxygen atoms in total. The van der Waals surface area contributed by atoms with Crippen LogP contribution in [-0.4, -0.2) is 43.0 Å². The van der Waals surface area contributed by atoms with Crippen LogP contribution in [0.1, 0.15) is 49.9 Å². The first-order chi connectivity index (χ1) is 15.5. The molecular formula is C25H31FN2O4. The van der Waals surface area contributed by atoms with E-state index in [0.717, 1.165) is 19.3 Å². The van der Waals surface area contributed by atoms with Crippen molar-refractivity contribution in [1.29, 1.82) is 0 Å². The maximum absolute atomic E-state index is 13.2. The molecule has 1 atom stereocenters. The average molecular weight is 443 g/mol. The van der Waals surface area contributed by atoms with Crippen LogP contribution in [0.2, 0.25) is 0 Å². The summed E-state index contributed by atoms with van der Waals surface area (Å²) in [7, 11) is 0. The van der Waals surface area contributed by atoms with Gasteiger partial charge < -0.3 is 19.7 Å². The number of anilines is 1. The number of benzene rings is 2. The minimum Gasteiger partial charge on any atom is -0.490 e. The van der Waals surface area contributed by atoms with Crippen LogP contribution in [-0.2, 0) is 4.79 Å². The van der Waals surface area contributed by atoms with E-state index >= 15 is 0 Å². The molecule has 1 saturated heterocycles. The van der Waals surface area contributed by atoms with E-state index < -0.39 is 0 Å². The van der Waals surface area contributed by atoms with E-state index in [9.17, 15) is 14.0 Å². The summed E-state index contributed by atoms with van der Waals surface area (Å²) in [6.07, 6.45) is 3.19. The number of carbonyl (C=O) groups is 2. The van der Waals surface area contributed by atoms with E-state index in [1.165, 1.54) is 24.3 Å². The van der Waals surface area contributed by atoms with Gasteiger partial charge in [-0.2, -0.15) is 0 Å². The predicted octanol–water partition coefficient (Wildman–Crippen LogP) is 4.89. The van der Waals surface area contributed by atoms with Gasteiger partial charge >= 0.3 is 0 Å². The summed E-state index contributed by atoms with van der Waals surface area (Å²) >= 11 is 0. The summed E-state index contributed by atoms with van der Waals surface area (Å²) in [4.78, 5) is 27.3. The standard InChI is InChI=1S/C25H31FN2O4/c1-3-14-31-22-12-11-21(16-23(22)32-15-4-2)27-24(29)19-6-5-13-28(17-19)25(30)18-7-9-20(26)10-8-18/h7-12,16,19H,3-6,13-15,17H2,1-2H3,(H,27,29). The van der Waals surface area contributed by atoms with Gasteiger partial charge in [0.15, 0.2) is 11.5 Å². The third-order valence-electron chi connectivity index (χ3n) is 5.31. The van der Waals surface area contributed by atoms with Crippen molar-refractivity contribution in [2.45, 2.75) is 39.5 Å². The van der Waals surface area contributed by atoms with Gasteiger partial charge in [0.2, 0.25) is 5.91 Å². The Morgan fingerprint density at radius 3 is 2.41 bits per heavy atom. The molecule has 0 bridgehead atoms. The van der Waals surface area contributed by atoms with Gasteiger partial charge in [-0.15, -0.1) is 0 Å². The molecule has 1 heterocycles. The van der Waals surface area contributed by atoms with Crippen LogP contribution < -0.4 is 14.8 Å². The van der Waals surface area contributed by atoms with Crippen molar-refractivity contribution in [2.24, 2.45) is 5.92 Å². The molecule has 1 N–H and O–H groups in total. The highest BCUT2D eigenvalue weighted by Crippen LogP contribution is 2.31. The van der Waals surface area contributed by atoms with Gasteiger partial charge in [-0.25, -0.2) is 4.39 Å². The summed E-state index contributed by atoms with van der Waals surface area (Å²) in [5.41, 5.74) is 1.06. The van der Waals surface area contributed by atoms with Crippen molar-refractivity contribution in [3.63, 3.8) is 0 Å². The summed E-state index contributed by atoms with van der Waals surface area (Å²) in [5, 5.41) is 2.96. The Bertz CT molecular complexity index is 917. The fourth-order valence-corrected chi connectivity index (χ4v) is 3.64. The zero-order valence-electron chi connectivity index (χ0n) is 18.7. The van der Waals surface area contributed by atoms with Gasteiger partial charge in [0.05, 0.1) is 19.1 Å². The van der Waals surface area contributed by atoms with E-state index in [4.69, 9.17) is 9.47 Å². The second-order valence-corrected chi connectivity index (χ2v) is 7.94. The lowest BCUT2D eigenvalue weighted by atomic mass is 9.96. The van der Waals surface area contributed by atoms with E-state index in [1.807, 2.05) is 19.9 Å². The number of nitrogens with one attached hydrogen (secondary N) is 1.